The van der Waals surface area contributed by atoms with Gasteiger partial charge in [-0.25, -0.2) is 0 Å². The van der Waals surface area contributed by atoms with Gasteiger partial charge in [0.15, 0.2) is 0 Å². The third-order valence-corrected chi connectivity index (χ3v) is 8.14. The number of carbonyl (C=O) groups is 1. The molecule has 0 spiro atoms. The molecule has 0 aromatic carbocycles. The van der Waals surface area contributed by atoms with Crippen molar-refractivity contribution in [3.8, 4) is 0 Å². The number of piperazine rings is 2. The lowest BCUT2D eigenvalue weighted by atomic mass is 10.1. The van der Waals surface area contributed by atoms with E-state index in [9.17, 15) is 13.2 Å². The minimum absolute atomic E-state index is 0.0435. The summed E-state index contributed by atoms with van der Waals surface area (Å²) in [5.41, 5.74) is 2.94. The van der Waals surface area contributed by atoms with E-state index in [2.05, 4.69) is 23.8 Å². The molecule has 2 saturated heterocycles. The number of likely N-dealkylation sites (N-methyl/N-ethyl adjacent to an activating group) is 1. The van der Waals surface area contributed by atoms with Gasteiger partial charge >= 0.3 is 0 Å². The molecule has 1 amide bonds. The first-order valence-electron chi connectivity index (χ1n) is 10.8. The van der Waals surface area contributed by atoms with E-state index in [-0.39, 0.29) is 5.91 Å². The molecule has 0 saturated carbocycles. The molecule has 2 fully saturated rings. The predicted molar refractivity (Wildman–Crippen MR) is 116 cm³/mol. The molecule has 1 aromatic rings. The standard InChI is InChI=1S/C20H36N6O3S/c1-16(2)15-26-18(4)19(17(3)21-26)14-20(27)23-8-12-25(13-9-23)30(28,29)24-10-6-22(5)7-11-24/h16H,6-15H2,1-5H3. The number of amides is 1. The number of aryl methyl sites for hydroxylation is 1. The minimum Gasteiger partial charge on any atom is -0.340 e. The summed E-state index contributed by atoms with van der Waals surface area (Å²) in [6.45, 7) is 13.2. The average molecular weight is 441 g/mol. The fraction of sp³-hybridized carbons (Fsp3) is 0.800. The van der Waals surface area contributed by atoms with Gasteiger partial charge in [-0.3, -0.25) is 9.48 Å². The molecular weight excluding hydrogens is 404 g/mol. The molecule has 2 aliphatic rings. The summed E-state index contributed by atoms with van der Waals surface area (Å²) in [7, 11) is -1.45. The maximum Gasteiger partial charge on any atom is 0.282 e. The Bertz CT molecular complexity index is 850. The maximum absolute atomic E-state index is 12.9. The van der Waals surface area contributed by atoms with Crippen molar-refractivity contribution in [2.75, 3.05) is 59.4 Å². The highest BCUT2D eigenvalue weighted by molar-refractivity contribution is 7.86. The van der Waals surface area contributed by atoms with Crippen LogP contribution in [0.1, 0.15) is 30.8 Å². The Hall–Kier alpha value is -1.49. The van der Waals surface area contributed by atoms with Gasteiger partial charge in [0.2, 0.25) is 5.91 Å². The summed E-state index contributed by atoms with van der Waals surface area (Å²) >= 11 is 0. The molecule has 0 radical (unpaired) electrons. The molecule has 170 valence electrons. The smallest absolute Gasteiger partial charge is 0.282 e. The van der Waals surface area contributed by atoms with Crippen LogP contribution in [0.4, 0.5) is 0 Å². The maximum atomic E-state index is 12.9. The highest BCUT2D eigenvalue weighted by Crippen LogP contribution is 2.18. The summed E-state index contributed by atoms with van der Waals surface area (Å²) in [4.78, 5) is 16.8. The molecule has 0 atom stereocenters. The van der Waals surface area contributed by atoms with Crippen LogP contribution in [-0.4, -0.2) is 102 Å². The highest BCUT2D eigenvalue weighted by atomic mass is 32.2. The zero-order valence-electron chi connectivity index (χ0n) is 19.0. The van der Waals surface area contributed by atoms with Crippen molar-refractivity contribution >= 4 is 16.1 Å². The second kappa shape index (κ2) is 9.33. The first-order chi connectivity index (χ1) is 14.1. The van der Waals surface area contributed by atoms with Gasteiger partial charge in [-0.05, 0) is 26.8 Å². The highest BCUT2D eigenvalue weighted by Gasteiger charge is 2.34. The van der Waals surface area contributed by atoms with Crippen molar-refractivity contribution in [1.82, 2.24) is 28.2 Å². The number of carbonyl (C=O) groups excluding carboxylic acids is 1. The SMILES string of the molecule is Cc1nn(CC(C)C)c(C)c1CC(=O)N1CCN(S(=O)(=O)N2CCN(C)CC2)CC1. The van der Waals surface area contributed by atoms with E-state index in [1.165, 1.54) is 4.31 Å². The van der Waals surface area contributed by atoms with E-state index in [4.69, 9.17) is 0 Å². The van der Waals surface area contributed by atoms with Gasteiger partial charge in [-0.15, -0.1) is 0 Å². The van der Waals surface area contributed by atoms with Gasteiger partial charge in [0.1, 0.15) is 0 Å². The summed E-state index contributed by atoms with van der Waals surface area (Å²) in [6, 6.07) is 0. The topological polar surface area (TPSA) is 82.0 Å². The van der Waals surface area contributed by atoms with Crippen molar-refractivity contribution < 1.29 is 13.2 Å². The molecular formula is C20H36N6O3S. The fourth-order valence-electron chi connectivity index (χ4n) is 4.13. The van der Waals surface area contributed by atoms with Crippen molar-refractivity contribution in [3.63, 3.8) is 0 Å². The molecule has 1 aromatic heterocycles. The number of hydrogen-bond donors (Lipinski definition) is 0. The van der Waals surface area contributed by atoms with Gasteiger partial charge in [0, 0.05) is 70.2 Å². The first kappa shape index (κ1) is 23.2. The van der Waals surface area contributed by atoms with Crippen LogP contribution >= 0.6 is 0 Å². The monoisotopic (exact) mass is 440 g/mol. The first-order valence-corrected chi connectivity index (χ1v) is 12.2. The second-order valence-electron chi connectivity index (χ2n) is 8.89. The lowest BCUT2D eigenvalue weighted by molar-refractivity contribution is -0.131. The van der Waals surface area contributed by atoms with E-state index in [0.717, 1.165) is 36.6 Å². The zero-order chi connectivity index (χ0) is 22.1. The molecule has 0 bridgehead atoms. The van der Waals surface area contributed by atoms with Gasteiger partial charge in [0.25, 0.3) is 10.2 Å². The number of hydrogen-bond acceptors (Lipinski definition) is 5. The molecule has 2 aliphatic heterocycles. The van der Waals surface area contributed by atoms with Crippen LogP contribution < -0.4 is 0 Å². The Kier molecular flexibility index (Phi) is 7.21. The molecule has 30 heavy (non-hydrogen) atoms. The molecule has 3 heterocycles. The van der Waals surface area contributed by atoms with Crippen molar-refractivity contribution in [1.29, 1.82) is 0 Å². The minimum atomic E-state index is -3.45. The quantitative estimate of drug-likeness (QED) is 0.637. The zero-order valence-corrected chi connectivity index (χ0v) is 19.8. The fourth-order valence-corrected chi connectivity index (χ4v) is 5.70. The van der Waals surface area contributed by atoms with Gasteiger partial charge in [-0.2, -0.15) is 22.1 Å². The second-order valence-corrected chi connectivity index (χ2v) is 10.8. The van der Waals surface area contributed by atoms with Crippen LogP contribution in [0.3, 0.4) is 0 Å². The summed E-state index contributed by atoms with van der Waals surface area (Å²) in [6.07, 6.45) is 0.320. The third-order valence-electron chi connectivity index (χ3n) is 6.10. The lowest BCUT2D eigenvalue weighted by Gasteiger charge is -2.39. The largest absolute Gasteiger partial charge is 0.340 e. The number of nitrogens with zero attached hydrogens (tertiary/aromatic N) is 6. The summed E-state index contributed by atoms with van der Waals surface area (Å²) in [5, 5.41) is 4.60. The lowest BCUT2D eigenvalue weighted by Crippen LogP contribution is -2.57. The number of aromatic nitrogens is 2. The predicted octanol–water partition coefficient (Wildman–Crippen LogP) is 0.335. The summed E-state index contributed by atoms with van der Waals surface area (Å²) < 4.78 is 30.9. The Labute approximate surface area is 180 Å². The van der Waals surface area contributed by atoms with Gasteiger partial charge in [0.05, 0.1) is 12.1 Å². The Morgan fingerprint density at radius 1 is 0.967 bits per heavy atom. The molecule has 0 aliphatic carbocycles. The van der Waals surface area contributed by atoms with Crippen LogP contribution in [0.15, 0.2) is 0 Å². The van der Waals surface area contributed by atoms with E-state index in [0.29, 0.717) is 51.6 Å². The Balaban J connectivity index is 1.58. The average Bonchev–Trinajstić information content (AvgIpc) is 2.95. The van der Waals surface area contributed by atoms with E-state index >= 15 is 0 Å². The molecule has 3 rings (SSSR count). The van der Waals surface area contributed by atoms with Gasteiger partial charge in [-0.1, -0.05) is 13.8 Å². The van der Waals surface area contributed by atoms with Crippen LogP contribution in [0.25, 0.3) is 0 Å². The van der Waals surface area contributed by atoms with E-state index in [1.54, 1.807) is 9.21 Å². The molecule has 10 heteroatoms. The Morgan fingerprint density at radius 3 is 2.03 bits per heavy atom. The van der Waals surface area contributed by atoms with Crippen molar-refractivity contribution in [2.45, 2.75) is 40.7 Å². The van der Waals surface area contributed by atoms with Crippen LogP contribution in [0.2, 0.25) is 0 Å². The summed E-state index contributed by atoms with van der Waals surface area (Å²) in [5.74, 6) is 0.531. The Morgan fingerprint density at radius 2 is 1.50 bits per heavy atom. The van der Waals surface area contributed by atoms with Crippen molar-refractivity contribution in [3.05, 3.63) is 17.0 Å². The normalized spacial score (nSPS) is 20.3. The van der Waals surface area contributed by atoms with E-state index in [1.807, 2.05) is 25.6 Å². The number of rotatable bonds is 6. The van der Waals surface area contributed by atoms with Crippen LogP contribution in [0.5, 0.6) is 0 Å². The molecule has 0 N–H and O–H groups in total. The van der Waals surface area contributed by atoms with Gasteiger partial charge < -0.3 is 9.80 Å². The van der Waals surface area contributed by atoms with Crippen LogP contribution in [0, 0.1) is 19.8 Å². The van der Waals surface area contributed by atoms with Crippen LogP contribution in [-0.2, 0) is 28.0 Å². The molecule has 9 nitrogen and oxygen atoms in total. The van der Waals surface area contributed by atoms with E-state index < -0.39 is 10.2 Å². The molecule has 0 unspecified atom stereocenters. The third kappa shape index (κ3) is 5.04. The van der Waals surface area contributed by atoms with Crippen molar-refractivity contribution in [2.24, 2.45) is 5.92 Å².